The monoisotopic (exact) mass is 869 g/mol. The number of nitrogens with zero attached hydrogens (tertiary/aromatic N) is 5. The topological polar surface area (TPSA) is 42.4 Å². The molecule has 67 heavy (non-hydrogen) atoms. The molecule has 5 nitrogen and oxygen atoms in total. The highest BCUT2D eigenvalue weighted by Gasteiger charge is 2.31. The lowest BCUT2D eigenvalue weighted by Gasteiger charge is -2.19. The lowest BCUT2D eigenvalue weighted by molar-refractivity contribution is -0.137. The van der Waals surface area contributed by atoms with Crippen LogP contribution in [0.15, 0.2) is 188 Å². The Hall–Kier alpha value is -9.16. The number of hydrogen-bond acceptors (Lipinski definition) is 1. The second kappa shape index (κ2) is 15.8. The van der Waals surface area contributed by atoms with Crippen molar-refractivity contribution in [3.05, 3.63) is 228 Å². The van der Waals surface area contributed by atoms with Gasteiger partial charge in [-0.05, 0) is 148 Å². The van der Waals surface area contributed by atoms with Gasteiger partial charge in [0.1, 0.15) is 0 Å². The molecular formula is C59H34F3N5. The van der Waals surface area contributed by atoms with Gasteiger partial charge < -0.3 is 9.13 Å². The van der Waals surface area contributed by atoms with Crippen molar-refractivity contribution in [2.24, 2.45) is 0 Å². The van der Waals surface area contributed by atoms with E-state index in [2.05, 4.69) is 85.6 Å². The zero-order chi connectivity index (χ0) is 46.0. The maximum Gasteiger partial charge on any atom is 0.416 e. The van der Waals surface area contributed by atoms with E-state index in [0.29, 0.717) is 39.2 Å². The molecule has 0 bridgehead atoms. The van der Waals surface area contributed by atoms with E-state index < -0.39 is 11.7 Å². The van der Waals surface area contributed by atoms with Crippen molar-refractivity contribution in [2.45, 2.75) is 13.1 Å². The lowest BCUT2D eigenvalue weighted by atomic mass is 9.93. The van der Waals surface area contributed by atoms with E-state index in [4.69, 9.17) is 13.1 Å². The average molecular weight is 870 g/mol. The van der Waals surface area contributed by atoms with Crippen LogP contribution >= 0.6 is 0 Å². The van der Waals surface area contributed by atoms with Crippen molar-refractivity contribution in [1.82, 2.24) is 9.13 Å². The minimum atomic E-state index is -4.49. The zero-order valence-corrected chi connectivity index (χ0v) is 35.8. The number of aromatic nitrogens is 2. The van der Waals surface area contributed by atoms with Gasteiger partial charge in [-0.15, -0.1) is 0 Å². The molecule has 0 radical (unpaired) electrons. The minimum absolute atomic E-state index is 0.412. The maximum atomic E-state index is 13.9. The van der Waals surface area contributed by atoms with Crippen LogP contribution in [0.2, 0.25) is 0 Å². The molecule has 0 saturated heterocycles. The third-order valence-corrected chi connectivity index (χ3v) is 12.7. The summed E-state index contributed by atoms with van der Waals surface area (Å²) >= 11 is 0. The van der Waals surface area contributed by atoms with E-state index in [1.807, 2.05) is 97.1 Å². The largest absolute Gasteiger partial charge is 0.416 e. The number of para-hydroxylation sites is 2. The predicted octanol–water partition coefficient (Wildman–Crippen LogP) is 16.8. The van der Waals surface area contributed by atoms with Crippen molar-refractivity contribution in [1.29, 1.82) is 5.26 Å². The molecule has 0 spiro atoms. The number of alkyl halides is 3. The Morgan fingerprint density at radius 2 is 1.09 bits per heavy atom. The Kier molecular flexibility index (Phi) is 9.59. The second-order valence-corrected chi connectivity index (χ2v) is 16.6. The Bertz CT molecular complexity index is 3980. The summed E-state index contributed by atoms with van der Waals surface area (Å²) in [4.78, 5) is 7.73. The molecule has 0 aliphatic heterocycles. The van der Waals surface area contributed by atoms with Crippen LogP contribution < -0.4 is 0 Å². The molecule has 0 aliphatic carbocycles. The average Bonchev–Trinajstić information content (AvgIpc) is 3.88. The van der Waals surface area contributed by atoms with Crippen LogP contribution in [0.4, 0.5) is 24.5 Å². The summed E-state index contributed by atoms with van der Waals surface area (Å²) in [6.07, 6.45) is -4.49. The summed E-state index contributed by atoms with van der Waals surface area (Å²) in [7, 11) is 0. The molecule has 11 rings (SSSR count). The minimum Gasteiger partial charge on any atom is -0.309 e. The quantitative estimate of drug-likeness (QED) is 0.154. The van der Waals surface area contributed by atoms with E-state index in [-0.39, 0.29) is 0 Å². The van der Waals surface area contributed by atoms with Crippen molar-refractivity contribution in [3.8, 4) is 62.0 Å². The SMILES string of the molecule is [C-]#[N+]c1cccc(-c2ccc3c(c2)c2ccccc2n3-c2ccc(-c3ccc(C(F)(F)F)cc3C)cc2-c2cc(-n3c4ccccc4c4cc(-c5cccc(C#N)c5)ccc43)ccc2[N+]#[C-])c1. The molecule has 0 atom stereocenters. The Labute approximate surface area is 383 Å². The fraction of sp³-hybridized carbons (Fsp3) is 0.0339. The number of fused-ring (bicyclic) bond motifs is 6. The molecule has 0 unspecified atom stereocenters. The number of hydrogen-bond donors (Lipinski definition) is 0. The third-order valence-electron chi connectivity index (χ3n) is 12.7. The highest BCUT2D eigenvalue weighted by atomic mass is 19.4. The van der Waals surface area contributed by atoms with Gasteiger partial charge in [0.05, 0.1) is 58.1 Å². The number of halogens is 3. The van der Waals surface area contributed by atoms with Crippen molar-refractivity contribution < 1.29 is 13.2 Å². The van der Waals surface area contributed by atoms with Gasteiger partial charge in [-0.3, -0.25) is 0 Å². The molecule has 316 valence electrons. The van der Waals surface area contributed by atoms with Gasteiger partial charge in [-0.1, -0.05) is 97.1 Å². The summed E-state index contributed by atoms with van der Waals surface area (Å²) < 4.78 is 46.1. The van der Waals surface area contributed by atoms with Gasteiger partial charge in [0, 0.05) is 27.2 Å². The lowest BCUT2D eigenvalue weighted by Crippen LogP contribution is -2.05. The van der Waals surface area contributed by atoms with E-state index in [1.165, 1.54) is 12.1 Å². The number of rotatable bonds is 6. The molecule has 9 aromatic carbocycles. The van der Waals surface area contributed by atoms with Crippen LogP contribution in [0.3, 0.4) is 0 Å². The highest BCUT2D eigenvalue weighted by molar-refractivity contribution is 6.12. The third kappa shape index (κ3) is 6.86. The summed E-state index contributed by atoms with van der Waals surface area (Å²) in [6.45, 7) is 17.8. The Balaban J connectivity index is 1.16. The van der Waals surface area contributed by atoms with Crippen LogP contribution in [0, 0.1) is 31.4 Å². The van der Waals surface area contributed by atoms with Gasteiger partial charge in [0.25, 0.3) is 0 Å². The van der Waals surface area contributed by atoms with Crippen molar-refractivity contribution >= 4 is 55.0 Å². The van der Waals surface area contributed by atoms with Crippen molar-refractivity contribution in [2.75, 3.05) is 0 Å². The van der Waals surface area contributed by atoms with Gasteiger partial charge in [-0.2, -0.15) is 18.4 Å². The summed E-state index contributed by atoms with van der Waals surface area (Å²) in [5.41, 5.74) is 13.2. The van der Waals surface area contributed by atoms with Gasteiger partial charge >= 0.3 is 6.18 Å². The van der Waals surface area contributed by atoms with Gasteiger partial charge in [0.15, 0.2) is 11.4 Å². The predicted molar refractivity (Wildman–Crippen MR) is 264 cm³/mol. The molecule has 8 heteroatoms. The van der Waals surface area contributed by atoms with Crippen LogP contribution in [0.25, 0.3) is 109 Å². The van der Waals surface area contributed by atoms with Crippen molar-refractivity contribution in [3.63, 3.8) is 0 Å². The van der Waals surface area contributed by atoms with Gasteiger partial charge in [-0.25, -0.2) is 9.69 Å². The fourth-order valence-corrected chi connectivity index (χ4v) is 9.62. The Morgan fingerprint density at radius 1 is 0.478 bits per heavy atom. The Morgan fingerprint density at radius 3 is 1.75 bits per heavy atom. The van der Waals surface area contributed by atoms with E-state index in [9.17, 15) is 18.4 Å². The molecule has 2 heterocycles. The number of nitriles is 1. The normalized spacial score (nSPS) is 11.5. The van der Waals surface area contributed by atoms with Crippen LogP contribution in [0.5, 0.6) is 0 Å². The van der Waals surface area contributed by atoms with E-state index in [1.54, 1.807) is 19.1 Å². The van der Waals surface area contributed by atoms with Crippen LogP contribution in [-0.4, -0.2) is 9.13 Å². The molecule has 2 aromatic heterocycles. The van der Waals surface area contributed by atoms with E-state index in [0.717, 1.165) is 88.9 Å². The molecule has 0 saturated carbocycles. The summed E-state index contributed by atoms with van der Waals surface area (Å²) in [5.74, 6) is 0. The number of aryl methyl sites for hydroxylation is 1. The number of benzene rings is 9. The fourth-order valence-electron chi connectivity index (χ4n) is 9.62. The smallest absolute Gasteiger partial charge is 0.309 e. The van der Waals surface area contributed by atoms with Gasteiger partial charge in [0.2, 0.25) is 0 Å². The molecule has 0 aliphatic rings. The molecule has 0 amide bonds. The molecule has 0 fully saturated rings. The van der Waals surface area contributed by atoms with Crippen LogP contribution in [-0.2, 0) is 6.18 Å². The van der Waals surface area contributed by atoms with Crippen LogP contribution in [0.1, 0.15) is 16.7 Å². The zero-order valence-electron chi connectivity index (χ0n) is 35.8. The molecular weight excluding hydrogens is 836 g/mol. The molecule has 0 N–H and O–H groups in total. The second-order valence-electron chi connectivity index (χ2n) is 16.6. The standard InChI is InChI=1S/C59H34F3N5/c1-36-28-43(59(60,61)62)21-23-46(36)42-20-27-58(67-55-17-7-5-15-48(55)51-32-41(19-26-57(51)67)39-12-9-13-44(30-39)64-2)52(33-42)49-34-45(22-24-53(49)65-3)66-54-16-6-4-14-47(54)50-31-40(18-25-56(50)66)38-11-8-10-37(29-38)35-63/h4-34H,1H3. The summed E-state index contributed by atoms with van der Waals surface area (Å²) in [6, 6.07) is 62.0. The first-order valence-electron chi connectivity index (χ1n) is 21.5. The maximum absolute atomic E-state index is 13.9. The first kappa shape index (κ1) is 40.6. The summed E-state index contributed by atoms with van der Waals surface area (Å²) in [5, 5.41) is 13.7. The highest BCUT2D eigenvalue weighted by Crippen LogP contribution is 2.45. The first-order valence-corrected chi connectivity index (χ1v) is 21.5. The van der Waals surface area contributed by atoms with E-state index >= 15 is 0 Å². The first-order chi connectivity index (χ1) is 32.6. The molecule has 11 aromatic rings.